The maximum absolute atomic E-state index is 10.6. The van der Waals surface area contributed by atoms with Gasteiger partial charge in [-0.05, 0) is 18.6 Å². The number of methoxy groups -OCH3 is 1. The van der Waals surface area contributed by atoms with Gasteiger partial charge >= 0.3 is 5.97 Å². The summed E-state index contributed by atoms with van der Waals surface area (Å²) < 4.78 is 4.37. The molecular formula is C8H9NO2. The van der Waals surface area contributed by atoms with E-state index in [4.69, 9.17) is 5.26 Å². The van der Waals surface area contributed by atoms with Crippen LogP contribution < -0.4 is 0 Å². The third-order valence-electron chi connectivity index (χ3n) is 0.967. The van der Waals surface area contributed by atoms with Crippen molar-refractivity contribution >= 4 is 5.97 Å². The zero-order chi connectivity index (χ0) is 8.69. The van der Waals surface area contributed by atoms with Crippen molar-refractivity contribution in [3.05, 3.63) is 23.8 Å². The molecule has 0 aliphatic heterocycles. The second kappa shape index (κ2) is 5.24. The molecule has 0 saturated heterocycles. The topological polar surface area (TPSA) is 50.1 Å². The summed E-state index contributed by atoms with van der Waals surface area (Å²) in [4.78, 5) is 10.6. The molecule has 0 heterocycles. The summed E-state index contributed by atoms with van der Waals surface area (Å²) in [6, 6.07) is 1.82. The SMILES string of the molecule is COC(=O)/C=C(C)/C=C/C#N. The van der Waals surface area contributed by atoms with Gasteiger partial charge in [-0.15, -0.1) is 0 Å². The number of carbonyl (C=O) groups excluding carboxylic acids is 1. The van der Waals surface area contributed by atoms with Gasteiger partial charge in [0.2, 0.25) is 0 Å². The molecule has 0 radical (unpaired) electrons. The van der Waals surface area contributed by atoms with Crippen LogP contribution >= 0.6 is 0 Å². The van der Waals surface area contributed by atoms with Crippen LogP contribution in [0.1, 0.15) is 6.92 Å². The van der Waals surface area contributed by atoms with Crippen molar-refractivity contribution in [2.24, 2.45) is 0 Å². The van der Waals surface area contributed by atoms with Gasteiger partial charge in [-0.2, -0.15) is 5.26 Å². The number of hydrogen-bond acceptors (Lipinski definition) is 3. The van der Waals surface area contributed by atoms with E-state index in [1.165, 1.54) is 25.3 Å². The highest BCUT2D eigenvalue weighted by Gasteiger charge is 1.91. The molecule has 0 atom stereocenters. The van der Waals surface area contributed by atoms with E-state index in [-0.39, 0.29) is 0 Å². The summed E-state index contributed by atoms with van der Waals surface area (Å²) in [6.45, 7) is 1.71. The second-order valence-corrected chi connectivity index (χ2v) is 1.87. The van der Waals surface area contributed by atoms with E-state index < -0.39 is 5.97 Å². The summed E-state index contributed by atoms with van der Waals surface area (Å²) in [6.07, 6.45) is 4.15. The predicted octanol–water partition coefficient (Wildman–Crippen LogP) is 1.19. The van der Waals surface area contributed by atoms with E-state index in [2.05, 4.69) is 4.74 Å². The quantitative estimate of drug-likeness (QED) is 0.258. The van der Waals surface area contributed by atoms with Crippen LogP contribution in [-0.4, -0.2) is 13.1 Å². The highest BCUT2D eigenvalue weighted by atomic mass is 16.5. The third kappa shape index (κ3) is 4.91. The van der Waals surface area contributed by atoms with Crippen LogP contribution in [0, 0.1) is 11.3 Å². The first-order valence-corrected chi connectivity index (χ1v) is 3.03. The van der Waals surface area contributed by atoms with Gasteiger partial charge in [0.05, 0.1) is 13.2 Å². The summed E-state index contributed by atoms with van der Waals surface area (Å²) in [5, 5.41) is 8.13. The molecule has 0 N–H and O–H groups in total. The van der Waals surface area contributed by atoms with Gasteiger partial charge < -0.3 is 4.74 Å². The van der Waals surface area contributed by atoms with Gasteiger partial charge in [0.15, 0.2) is 0 Å². The van der Waals surface area contributed by atoms with Gasteiger partial charge in [0.1, 0.15) is 0 Å². The van der Waals surface area contributed by atoms with E-state index in [0.29, 0.717) is 5.57 Å². The number of esters is 1. The van der Waals surface area contributed by atoms with Crippen molar-refractivity contribution in [3.63, 3.8) is 0 Å². The van der Waals surface area contributed by atoms with E-state index in [1.807, 2.05) is 6.07 Å². The Labute approximate surface area is 65.6 Å². The fraction of sp³-hybridized carbons (Fsp3) is 0.250. The monoisotopic (exact) mass is 151 g/mol. The van der Waals surface area contributed by atoms with E-state index in [9.17, 15) is 4.79 Å². The Hall–Kier alpha value is -1.56. The molecule has 0 bridgehead atoms. The average molecular weight is 151 g/mol. The zero-order valence-corrected chi connectivity index (χ0v) is 6.50. The molecule has 0 aromatic rings. The standard InChI is InChI=1S/C8H9NO2/c1-7(4-3-5-9)6-8(10)11-2/h3-4,6H,1-2H3/b4-3+,7-6+. The van der Waals surface area contributed by atoms with Gasteiger partial charge in [0, 0.05) is 12.2 Å². The van der Waals surface area contributed by atoms with Crippen LogP contribution in [0.5, 0.6) is 0 Å². The molecule has 0 saturated carbocycles. The van der Waals surface area contributed by atoms with Crippen molar-refractivity contribution in [2.45, 2.75) is 6.92 Å². The fourth-order valence-corrected chi connectivity index (χ4v) is 0.462. The van der Waals surface area contributed by atoms with Crippen molar-refractivity contribution in [3.8, 4) is 6.07 Å². The Morgan fingerprint density at radius 2 is 2.27 bits per heavy atom. The minimum absolute atomic E-state index is 0.412. The molecule has 3 heteroatoms. The van der Waals surface area contributed by atoms with Gasteiger partial charge in [-0.25, -0.2) is 4.79 Å². The van der Waals surface area contributed by atoms with E-state index in [0.717, 1.165) is 0 Å². The normalized spacial score (nSPS) is 11.2. The lowest BCUT2D eigenvalue weighted by molar-refractivity contribution is -0.134. The fourth-order valence-electron chi connectivity index (χ4n) is 0.462. The van der Waals surface area contributed by atoms with E-state index in [1.54, 1.807) is 6.92 Å². The number of ether oxygens (including phenoxy) is 1. The van der Waals surface area contributed by atoms with Crippen molar-refractivity contribution < 1.29 is 9.53 Å². The molecule has 3 nitrogen and oxygen atoms in total. The number of nitriles is 1. The first kappa shape index (κ1) is 9.44. The lowest BCUT2D eigenvalue weighted by atomic mass is 10.2. The van der Waals surface area contributed by atoms with Gasteiger partial charge in [0.25, 0.3) is 0 Å². The lowest BCUT2D eigenvalue weighted by Gasteiger charge is -1.90. The highest BCUT2D eigenvalue weighted by molar-refractivity contribution is 5.83. The smallest absolute Gasteiger partial charge is 0.330 e. The van der Waals surface area contributed by atoms with Crippen LogP contribution in [0.3, 0.4) is 0 Å². The molecule has 11 heavy (non-hydrogen) atoms. The summed E-state index contributed by atoms with van der Waals surface area (Å²) in [5.74, 6) is -0.412. The van der Waals surface area contributed by atoms with Crippen molar-refractivity contribution in [1.29, 1.82) is 5.26 Å². The molecular weight excluding hydrogens is 142 g/mol. The number of hydrogen-bond donors (Lipinski definition) is 0. The lowest BCUT2D eigenvalue weighted by Crippen LogP contribution is -1.94. The van der Waals surface area contributed by atoms with E-state index >= 15 is 0 Å². The largest absolute Gasteiger partial charge is 0.466 e. The minimum Gasteiger partial charge on any atom is -0.466 e. The van der Waals surface area contributed by atoms with Crippen LogP contribution in [0.4, 0.5) is 0 Å². The molecule has 0 unspecified atom stereocenters. The molecule has 0 amide bonds. The number of nitrogens with zero attached hydrogens (tertiary/aromatic N) is 1. The molecule has 0 aliphatic carbocycles. The van der Waals surface area contributed by atoms with Crippen LogP contribution in [0.2, 0.25) is 0 Å². The molecule has 0 aromatic carbocycles. The number of rotatable bonds is 2. The van der Waals surface area contributed by atoms with Crippen molar-refractivity contribution in [2.75, 3.05) is 7.11 Å². The maximum atomic E-state index is 10.6. The molecule has 0 fully saturated rings. The summed E-state index contributed by atoms with van der Waals surface area (Å²) in [7, 11) is 1.31. The van der Waals surface area contributed by atoms with Gasteiger partial charge in [-0.3, -0.25) is 0 Å². The van der Waals surface area contributed by atoms with Crippen LogP contribution in [0.25, 0.3) is 0 Å². The molecule has 0 aromatic heterocycles. The number of carbonyl (C=O) groups is 1. The minimum atomic E-state index is -0.412. The molecule has 58 valence electrons. The third-order valence-corrected chi connectivity index (χ3v) is 0.967. The summed E-state index contributed by atoms with van der Waals surface area (Å²) >= 11 is 0. The van der Waals surface area contributed by atoms with Crippen LogP contribution in [-0.2, 0) is 9.53 Å². The first-order valence-electron chi connectivity index (χ1n) is 3.03. The zero-order valence-electron chi connectivity index (χ0n) is 6.50. The Morgan fingerprint density at radius 1 is 1.64 bits per heavy atom. The van der Waals surface area contributed by atoms with Crippen molar-refractivity contribution in [1.82, 2.24) is 0 Å². The first-order chi connectivity index (χ1) is 5.20. The maximum Gasteiger partial charge on any atom is 0.330 e. The molecule has 0 aliphatic rings. The number of allylic oxidation sites excluding steroid dienone is 3. The highest BCUT2D eigenvalue weighted by Crippen LogP contribution is 1.94. The average Bonchev–Trinajstić information content (AvgIpc) is 2.00. The molecule has 0 rings (SSSR count). The Kier molecular flexibility index (Phi) is 4.50. The molecule has 0 spiro atoms. The van der Waals surface area contributed by atoms with Crippen LogP contribution in [0.15, 0.2) is 23.8 Å². The summed E-state index contributed by atoms with van der Waals surface area (Å²) in [5.41, 5.74) is 0.693. The van der Waals surface area contributed by atoms with Gasteiger partial charge in [-0.1, -0.05) is 0 Å². The second-order valence-electron chi connectivity index (χ2n) is 1.87. The Bertz CT molecular complexity index is 233. The predicted molar refractivity (Wildman–Crippen MR) is 40.5 cm³/mol. The Balaban J connectivity index is 4.13. The Morgan fingerprint density at radius 3 is 2.73 bits per heavy atom.